The molecule has 3 aromatic rings. The van der Waals surface area contributed by atoms with E-state index in [0.717, 1.165) is 12.0 Å². The van der Waals surface area contributed by atoms with Crippen LogP contribution >= 0.6 is 0 Å². The molecule has 1 aliphatic heterocycles. The molecule has 0 aliphatic carbocycles. The molecular weight excluding hydrogens is 362 g/mol. The van der Waals surface area contributed by atoms with Gasteiger partial charge in [-0.1, -0.05) is 12.1 Å². The van der Waals surface area contributed by atoms with Crippen molar-refractivity contribution in [2.75, 3.05) is 13.3 Å². The van der Waals surface area contributed by atoms with Crippen LogP contribution < -0.4 is 9.47 Å². The third kappa shape index (κ3) is 3.58. The van der Waals surface area contributed by atoms with Crippen molar-refractivity contribution in [3.8, 4) is 22.9 Å². The van der Waals surface area contributed by atoms with E-state index in [0.29, 0.717) is 41.9 Å². The minimum atomic E-state index is -0.144. The maximum Gasteiger partial charge on any atom is 0.289 e. The fraction of sp³-hybridized carbons (Fsp3) is 0.350. The number of nitrogens with zero attached hydrogens (tertiary/aromatic N) is 3. The number of aromatic nitrogens is 2. The summed E-state index contributed by atoms with van der Waals surface area (Å²) in [4.78, 5) is 18.9. The highest BCUT2D eigenvalue weighted by Gasteiger charge is 2.23. The van der Waals surface area contributed by atoms with Crippen LogP contribution in [0.15, 0.2) is 45.5 Å². The quantitative estimate of drug-likeness (QED) is 0.616. The molecule has 0 radical (unpaired) electrons. The van der Waals surface area contributed by atoms with Gasteiger partial charge in [-0.3, -0.25) is 4.79 Å². The van der Waals surface area contributed by atoms with Gasteiger partial charge in [0.1, 0.15) is 0 Å². The molecule has 0 N–H and O–H groups in total. The zero-order valence-electron chi connectivity index (χ0n) is 15.8. The molecule has 3 heterocycles. The lowest BCUT2D eigenvalue weighted by atomic mass is 10.2. The van der Waals surface area contributed by atoms with Gasteiger partial charge in [0.05, 0.1) is 6.26 Å². The Morgan fingerprint density at radius 3 is 2.89 bits per heavy atom. The number of fused-ring (bicyclic) bond motifs is 1. The van der Waals surface area contributed by atoms with Crippen molar-refractivity contribution in [2.24, 2.45) is 0 Å². The topological polar surface area (TPSA) is 90.8 Å². The first kappa shape index (κ1) is 18.1. The minimum Gasteiger partial charge on any atom is -0.459 e. The molecule has 0 fully saturated rings. The van der Waals surface area contributed by atoms with Gasteiger partial charge in [0, 0.05) is 24.6 Å². The highest BCUT2D eigenvalue weighted by atomic mass is 16.7. The van der Waals surface area contributed by atoms with Gasteiger partial charge in [-0.2, -0.15) is 4.98 Å². The van der Waals surface area contributed by atoms with Gasteiger partial charge >= 0.3 is 0 Å². The van der Waals surface area contributed by atoms with Crippen LogP contribution in [0, 0.1) is 0 Å². The fourth-order valence-electron chi connectivity index (χ4n) is 3.01. The van der Waals surface area contributed by atoms with Crippen molar-refractivity contribution in [2.45, 2.75) is 32.7 Å². The molecule has 1 amide bonds. The van der Waals surface area contributed by atoms with E-state index in [1.54, 1.807) is 17.0 Å². The van der Waals surface area contributed by atoms with Crippen molar-refractivity contribution < 1.29 is 23.2 Å². The van der Waals surface area contributed by atoms with Gasteiger partial charge < -0.3 is 23.3 Å². The van der Waals surface area contributed by atoms with Gasteiger partial charge in [-0.25, -0.2) is 0 Å². The maximum absolute atomic E-state index is 12.7. The zero-order chi connectivity index (χ0) is 19.5. The number of furan rings is 1. The molecule has 146 valence electrons. The van der Waals surface area contributed by atoms with Gasteiger partial charge in [0.2, 0.25) is 18.5 Å². The number of amides is 1. The number of benzene rings is 1. The smallest absolute Gasteiger partial charge is 0.289 e. The van der Waals surface area contributed by atoms with E-state index in [4.69, 9.17) is 18.4 Å². The summed E-state index contributed by atoms with van der Waals surface area (Å²) in [6.07, 6.45) is 2.78. The highest BCUT2D eigenvalue weighted by molar-refractivity contribution is 5.91. The van der Waals surface area contributed by atoms with Crippen LogP contribution in [-0.4, -0.2) is 40.3 Å². The lowest BCUT2D eigenvalue weighted by Crippen LogP contribution is -2.39. The van der Waals surface area contributed by atoms with Crippen LogP contribution in [0.25, 0.3) is 11.4 Å². The molecule has 8 heteroatoms. The standard InChI is InChI=1S/C20H21N3O5/c1-3-13(2)23(20(24)16-5-4-10-25-16)9-8-18-21-19(22-28-18)14-6-7-15-17(11-14)27-12-26-15/h4-7,10-11,13H,3,8-9,12H2,1-2H3/t13-/m0/s1. The van der Waals surface area contributed by atoms with Crippen molar-refractivity contribution in [3.05, 3.63) is 48.2 Å². The highest BCUT2D eigenvalue weighted by Crippen LogP contribution is 2.35. The van der Waals surface area contributed by atoms with Crippen molar-refractivity contribution >= 4 is 5.91 Å². The van der Waals surface area contributed by atoms with Gasteiger partial charge in [-0.15, -0.1) is 0 Å². The molecule has 1 aromatic carbocycles. The summed E-state index contributed by atoms with van der Waals surface area (Å²) in [5.41, 5.74) is 0.782. The van der Waals surface area contributed by atoms with Gasteiger partial charge in [-0.05, 0) is 43.7 Å². The fourth-order valence-corrected chi connectivity index (χ4v) is 3.01. The van der Waals surface area contributed by atoms with E-state index in [-0.39, 0.29) is 18.7 Å². The summed E-state index contributed by atoms with van der Waals surface area (Å²) in [5, 5.41) is 4.05. The predicted molar refractivity (Wildman–Crippen MR) is 99.1 cm³/mol. The molecule has 1 aliphatic rings. The number of carbonyl (C=O) groups is 1. The Morgan fingerprint density at radius 2 is 2.11 bits per heavy atom. The summed E-state index contributed by atoms with van der Waals surface area (Å²) >= 11 is 0. The normalized spacial score (nSPS) is 13.5. The predicted octanol–water partition coefficient (Wildman–Crippen LogP) is 3.54. The van der Waals surface area contributed by atoms with Crippen LogP contribution in [0.2, 0.25) is 0 Å². The van der Waals surface area contributed by atoms with Crippen LogP contribution in [0.3, 0.4) is 0 Å². The van der Waals surface area contributed by atoms with Crippen molar-refractivity contribution in [1.29, 1.82) is 0 Å². The van der Waals surface area contributed by atoms with Crippen LogP contribution in [0.4, 0.5) is 0 Å². The van der Waals surface area contributed by atoms with E-state index >= 15 is 0 Å². The number of carbonyl (C=O) groups excluding carboxylic acids is 1. The first-order valence-corrected chi connectivity index (χ1v) is 9.22. The monoisotopic (exact) mass is 383 g/mol. The van der Waals surface area contributed by atoms with Crippen LogP contribution in [0.5, 0.6) is 11.5 Å². The second kappa shape index (κ2) is 7.75. The third-order valence-corrected chi connectivity index (χ3v) is 4.78. The van der Waals surface area contributed by atoms with E-state index in [2.05, 4.69) is 10.1 Å². The Morgan fingerprint density at radius 1 is 1.25 bits per heavy atom. The first-order valence-electron chi connectivity index (χ1n) is 9.22. The number of ether oxygens (including phenoxy) is 2. The number of rotatable bonds is 7. The SMILES string of the molecule is CC[C@H](C)N(CCc1nc(-c2ccc3c(c2)OCO3)no1)C(=O)c1ccco1. The molecule has 0 bridgehead atoms. The number of hydrogen-bond acceptors (Lipinski definition) is 7. The van der Waals surface area contributed by atoms with Gasteiger partial charge in [0.15, 0.2) is 17.3 Å². The second-order valence-electron chi connectivity index (χ2n) is 6.56. The summed E-state index contributed by atoms with van der Waals surface area (Å²) in [7, 11) is 0. The molecule has 1 atom stereocenters. The Balaban J connectivity index is 1.46. The van der Waals surface area contributed by atoms with E-state index in [1.807, 2.05) is 32.0 Å². The summed E-state index contributed by atoms with van der Waals surface area (Å²) in [6, 6.07) is 8.94. The molecule has 0 saturated heterocycles. The Labute approximate surface area is 162 Å². The molecule has 0 unspecified atom stereocenters. The average Bonchev–Trinajstić information content (AvgIpc) is 3.48. The van der Waals surface area contributed by atoms with E-state index < -0.39 is 0 Å². The Kier molecular flexibility index (Phi) is 5.01. The first-order chi connectivity index (χ1) is 13.7. The van der Waals surface area contributed by atoms with Gasteiger partial charge in [0.25, 0.3) is 5.91 Å². The lowest BCUT2D eigenvalue weighted by Gasteiger charge is -2.27. The molecule has 8 nitrogen and oxygen atoms in total. The zero-order valence-corrected chi connectivity index (χ0v) is 15.8. The lowest BCUT2D eigenvalue weighted by molar-refractivity contribution is 0.0654. The minimum absolute atomic E-state index is 0.0638. The molecule has 0 saturated carbocycles. The molecular formula is C20H21N3O5. The van der Waals surface area contributed by atoms with Crippen molar-refractivity contribution in [3.63, 3.8) is 0 Å². The third-order valence-electron chi connectivity index (χ3n) is 4.78. The maximum atomic E-state index is 12.7. The molecule has 0 spiro atoms. The summed E-state index contributed by atoms with van der Waals surface area (Å²) < 4.78 is 21.3. The number of hydrogen-bond donors (Lipinski definition) is 0. The summed E-state index contributed by atoms with van der Waals surface area (Å²) in [6.45, 7) is 4.72. The van der Waals surface area contributed by atoms with E-state index in [9.17, 15) is 4.79 Å². The largest absolute Gasteiger partial charge is 0.459 e. The van der Waals surface area contributed by atoms with E-state index in [1.165, 1.54) is 6.26 Å². The second-order valence-corrected chi connectivity index (χ2v) is 6.56. The Hall–Kier alpha value is -3.29. The average molecular weight is 383 g/mol. The molecule has 4 rings (SSSR count). The molecule has 28 heavy (non-hydrogen) atoms. The van der Waals surface area contributed by atoms with Crippen LogP contribution in [-0.2, 0) is 6.42 Å². The van der Waals surface area contributed by atoms with Crippen molar-refractivity contribution in [1.82, 2.24) is 15.0 Å². The summed E-state index contributed by atoms with van der Waals surface area (Å²) in [5.74, 6) is 2.49. The molecule has 2 aromatic heterocycles. The Bertz CT molecular complexity index is 951. The van der Waals surface area contributed by atoms with Crippen LogP contribution in [0.1, 0.15) is 36.7 Å².